The molecule has 0 aliphatic rings. The third-order valence-corrected chi connectivity index (χ3v) is 4.53. The number of aryl methyl sites for hydroxylation is 1. The first-order valence-electron chi connectivity index (χ1n) is 7.77. The fraction of sp³-hybridized carbons (Fsp3) is 0.111. The Balaban J connectivity index is 1.72. The molecular weight excluding hydrogens is 375 g/mol. The smallest absolute Gasteiger partial charge is 0.261 e. The lowest BCUT2D eigenvalue weighted by Crippen LogP contribution is -2.24. The third-order valence-electron chi connectivity index (χ3n) is 3.98. The van der Waals surface area contributed by atoms with Crippen molar-refractivity contribution in [3.8, 4) is 11.5 Å². The molecule has 0 amide bonds. The predicted octanol–water partition coefficient (Wildman–Crippen LogP) is 4.11. The Bertz CT molecular complexity index is 1180. The SMILES string of the molecule is Cc1nc2ccccc2c(=O)n1Cc1noc(-c2ccc(Cl)cc2Cl)n1. The Morgan fingerprint density at radius 3 is 2.73 bits per heavy atom. The van der Waals surface area contributed by atoms with Crippen molar-refractivity contribution in [1.82, 2.24) is 19.7 Å². The van der Waals surface area contributed by atoms with Crippen molar-refractivity contribution in [3.05, 3.63) is 74.5 Å². The summed E-state index contributed by atoms with van der Waals surface area (Å²) in [5.41, 5.74) is 1.09. The maximum absolute atomic E-state index is 12.7. The van der Waals surface area contributed by atoms with E-state index in [2.05, 4.69) is 15.1 Å². The molecule has 26 heavy (non-hydrogen) atoms. The van der Waals surface area contributed by atoms with Crippen molar-refractivity contribution in [2.24, 2.45) is 0 Å². The number of hydrogen-bond donors (Lipinski definition) is 0. The molecule has 0 aliphatic carbocycles. The molecule has 0 N–H and O–H groups in total. The highest BCUT2D eigenvalue weighted by Gasteiger charge is 2.15. The molecule has 0 fully saturated rings. The van der Waals surface area contributed by atoms with Crippen LogP contribution in [0.1, 0.15) is 11.6 Å². The second kappa shape index (κ2) is 6.55. The van der Waals surface area contributed by atoms with Crippen molar-refractivity contribution in [2.45, 2.75) is 13.5 Å². The number of hydrogen-bond acceptors (Lipinski definition) is 5. The van der Waals surface area contributed by atoms with Crippen LogP contribution in [0, 0.1) is 6.92 Å². The van der Waals surface area contributed by atoms with Crippen LogP contribution in [-0.4, -0.2) is 19.7 Å². The molecule has 0 atom stereocenters. The van der Waals surface area contributed by atoms with Gasteiger partial charge in [0, 0.05) is 5.02 Å². The highest BCUT2D eigenvalue weighted by Crippen LogP contribution is 2.29. The van der Waals surface area contributed by atoms with Crippen LogP contribution >= 0.6 is 23.2 Å². The molecule has 130 valence electrons. The van der Waals surface area contributed by atoms with Crippen molar-refractivity contribution in [3.63, 3.8) is 0 Å². The molecule has 2 heterocycles. The molecule has 2 aromatic carbocycles. The van der Waals surface area contributed by atoms with Crippen molar-refractivity contribution < 1.29 is 4.52 Å². The Morgan fingerprint density at radius 1 is 1.12 bits per heavy atom. The summed E-state index contributed by atoms with van der Waals surface area (Å²) in [6.07, 6.45) is 0. The molecule has 8 heteroatoms. The van der Waals surface area contributed by atoms with Crippen LogP contribution in [0.3, 0.4) is 0 Å². The predicted molar refractivity (Wildman–Crippen MR) is 99.6 cm³/mol. The standard InChI is InChI=1S/C18H12Cl2N4O2/c1-10-21-15-5-3-2-4-13(15)18(25)24(10)9-16-22-17(26-23-16)12-7-6-11(19)8-14(12)20/h2-8H,9H2,1H3. The van der Waals surface area contributed by atoms with Gasteiger partial charge in [0.25, 0.3) is 11.4 Å². The summed E-state index contributed by atoms with van der Waals surface area (Å²) >= 11 is 12.1. The Labute approximate surface area is 158 Å². The molecule has 0 bridgehead atoms. The zero-order valence-corrected chi connectivity index (χ0v) is 15.1. The number of fused-ring (bicyclic) bond motifs is 1. The zero-order valence-electron chi connectivity index (χ0n) is 13.6. The monoisotopic (exact) mass is 386 g/mol. The van der Waals surface area contributed by atoms with Gasteiger partial charge in [-0.3, -0.25) is 9.36 Å². The molecular formula is C18H12Cl2N4O2. The summed E-state index contributed by atoms with van der Waals surface area (Å²) in [6, 6.07) is 12.2. The summed E-state index contributed by atoms with van der Waals surface area (Å²) in [6.45, 7) is 1.92. The van der Waals surface area contributed by atoms with Gasteiger partial charge in [0.2, 0.25) is 0 Å². The average molecular weight is 387 g/mol. The molecule has 4 aromatic rings. The van der Waals surface area contributed by atoms with Crippen LogP contribution in [0.15, 0.2) is 51.8 Å². The first-order chi connectivity index (χ1) is 12.5. The quantitative estimate of drug-likeness (QED) is 0.529. The number of benzene rings is 2. The van der Waals surface area contributed by atoms with E-state index in [0.29, 0.717) is 38.2 Å². The van der Waals surface area contributed by atoms with Crippen molar-refractivity contribution in [1.29, 1.82) is 0 Å². The summed E-state index contributed by atoms with van der Waals surface area (Å²) in [7, 11) is 0. The minimum absolute atomic E-state index is 0.149. The number of para-hydroxylation sites is 1. The summed E-state index contributed by atoms with van der Waals surface area (Å²) in [5.74, 6) is 1.19. The number of rotatable bonds is 3. The van der Waals surface area contributed by atoms with Crippen molar-refractivity contribution >= 4 is 34.1 Å². The average Bonchev–Trinajstić information content (AvgIpc) is 3.07. The van der Waals surface area contributed by atoms with Gasteiger partial charge < -0.3 is 4.52 Å². The van der Waals surface area contributed by atoms with Gasteiger partial charge in [-0.25, -0.2) is 4.98 Å². The largest absolute Gasteiger partial charge is 0.334 e. The topological polar surface area (TPSA) is 73.8 Å². The van der Waals surface area contributed by atoms with Gasteiger partial charge in [-0.15, -0.1) is 0 Å². The lowest BCUT2D eigenvalue weighted by Gasteiger charge is -2.08. The fourth-order valence-corrected chi connectivity index (χ4v) is 3.19. The van der Waals surface area contributed by atoms with E-state index in [9.17, 15) is 4.79 Å². The van der Waals surface area contributed by atoms with E-state index in [4.69, 9.17) is 27.7 Å². The van der Waals surface area contributed by atoms with Gasteiger partial charge >= 0.3 is 0 Å². The van der Waals surface area contributed by atoms with E-state index >= 15 is 0 Å². The van der Waals surface area contributed by atoms with E-state index in [1.165, 1.54) is 4.57 Å². The second-order valence-electron chi connectivity index (χ2n) is 5.71. The third kappa shape index (κ3) is 2.98. The van der Waals surface area contributed by atoms with Gasteiger partial charge in [0.05, 0.1) is 28.0 Å². The van der Waals surface area contributed by atoms with Crippen LogP contribution in [0.4, 0.5) is 0 Å². The minimum Gasteiger partial charge on any atom is -0.334 e. The van der Waals surface area contributed by atoms with Crippen LogP contribution in [0.5, 0.6) is 0 Å². The normalized spacial score (nSPS) is 11.2. The fourth-order valence-electron chi connectivity index (χ4n) is 2.70. The van der Waals surface area contributed by atoms with Crippen LogP contribution in [0.25, 0.3) is 22.4 Å². The lowest BCUT2D eigenvalue weighted by molar-refractivity contribution is 0.419. The van der Waals surface area contributed by atoms with E-state index in [1.807, 2.05) is 12.1 Å². The van der Waals surface area contributed by atoms with Gasteiger partial charge in [-0.2, -0.15) is 4.98 Å². The number of halogens is 2. The van der Waals surface area contributed by atoms with E-state index < -0.39 is 0 Å². The number of aromatic nitrogens is 4. The molecule has 4 rings (SSSR count). The molecule has 0 saturated carbocycles. The Kier molecular flexibility index (Phi) is 4.22. The molecule has 0 aliphatic heterocycles. The van der Waals surface area contributed by atoms with Crippen LogP contribution < -0.4 is 5.56 Å². The molecule has 0 saturated heterocycles. The first-order valence-corrected chi connectivity index (χ1v) is 8.53. The van der Waals surface area contributed by atoms with Gasteiger partial charge in [-0.05, 0) is 37.3 Å². The highest BCUT2D eigenvalue weighted by molar-refractivity contribution is 6.36. The minimum atomic E-state index is -0.149. The van der Waals surface area contributed by atoms with Gasteiger partial charge in [0.1, 0.15) is 5.82 Å². The number of nitrogens with zero attached hydrogens (tertiary/aromatic N) is 4. The second-order valence-corrected chi connectivity index (χ2v) is 6.55. The molecule has 0 unspecified atom stereocenters. The molecule has 0 spiro atoms. The zero-order chi connectivity index (χ0) is 18.3. The van der Waals surface area contributed by atoms with Crippen LogP contribution in [-0.2, 0) is 6.54 Å². The Morgan fingerprint density at radius 2 is 1.92 bits per heavy atom. The summed E-state index contributed by atoms with van der Waals surface area (Å²) in [5, 5.41) is 5.42. The summed E-state index contributed by atoms with van der Waals surface area (Å²) in [4.78, 5) is 21.5. The Hall–Kier alpha value is -2.70. The van der Waals surface area contributed by atoms with E-state index in [1.54, 1.807) is 37.3 Å². The molecule has 0 radical (unpaired) electrons. The maximum Gasteiger partial charge on any atom is 0.261 e. The van der Waals surface area contributed by atoms with E-state index in [0.717, 1.165) is 0 Å². The molecule has 2 aromatic heterocycles. The van der Waals surface area contributed by atoms with E-state index in [-0.39, 0.29) is 18.0 Å². The van der Waals surface area contributed by atoms with Crippen molar-refractivity contribution in [2.75, 3.05) is 0 Å². The van der Waals surface area contributed by atoms with Crippen LogP contribution in [0.2, 0.25) is 10.0 Å². The lowest BCUT2D eigenvalue weighted by atomic mass is 10.2. The highest BCUT2D eigenvalue weighted by atomic mass is 35.5. The van der Waals surface area contributed by atoms with Gasteiger partial charge in [0.15, 0.2) is 5.82 Å². The van der Waals surface area contributed by atoms with Gasteiger partial charge in [-0.1, -0.05) is 40.5 Å². The molecule has 6 nitrogen and oxygen atoms in total. The summed E-state index contributed by atoms with van der Waals surface area (Å²) < 4.78 is 6.80. The first kappa shape index (κ1) is 16.8. The maximum atomic E-state index is 12.7.